The van der Waals surface area contributed by atoms with Gasteiger partial charge in [0.05, 0.1) is 6.10 Å². The van der Waals surface area contributed by atoms with Gasteiger partial charge in [0.1, 0.15) is 11.6 Å². The fourth-order valence-corrected chi connectivity index (χ4v) is 2.38. The summed E-state index contributed by atoms with van der Waals surface area (Å²) >= 11 is 11.5. The number of aliphatic hydroxyl groups is 1. The largest absolute Gasteiger partial charge is 0.392 e. The van der Waals surface area contributed by atoms with Gasteiger partial charge in [-0.3, -0.25) is 0 Å². The Morgan fingerprint density at radius 2 is 1.75 bits per heavy atom. The summed E-state index contributed by atoms with van der Waals surface area (Å²) in [6.07, 6.45) is -0.846. The summed E-state index contributed by atoms with van der Waals surface area (Å²) < 4.78 is 27.2. The molecule has 0 radical (unpaired) electrons. The van der Waals surface area contributed by atoms with Crippen molar-refractivity contribution in [1.29, 1.82) is 0 Å². The van der Waals surface area contributed by atoms with Crippen LogP contribution < -0.4 is 0 Å². The molecule has 1 N–H and O–H groups in total. The maximum atomic E-state index is 13.6. The van der Waals surface area contributed by atoms with Gasteiger partial charge in [0.15, 0.2) is 0 Å². The van der Waals surface area contributed by atoms with E-state index < -0.39 is 17.7 Å². The number of benzene rings is 2. The van der Waals surface area contributed by atoms with E-state index >= 15 is 0 Å². The highest BCUT2D eigenvalue weighted by Crippen LogP contribution is 2.22. The van der Waals surface area contributed by atoms with Crippen molar-refractivity contribution >= 4 is 23.2 Å². The third-order valence-electron chi connectivity index (χ3n) is 2.97. The van der Waals surface area contributed by atoms with Crippen LogP contribution in [-0.2, 0) is 12.8 Å². The zero-order valence-corrected chi connectivity index (χ0v) is 11.9. The van der Waals surface area contributed by atoms with Crippen molar-refractivity contribution in [1.82, 2.24) is 0 Å². The highest BCUT2D eigenvalue weighted by molar-refractivity contribution is 6.31. The zero-order chi connectivity index (χ0) is 14.7. The minimum Gasteiger partial charge on any atom is -0.392 e. The lowest BCUT2D eigenvalue weighted by molar-refractivity contribution is 0.173. The van der Waals surface area contributed by atoms with Crippen molar-refractivity contribution < 1.29 is 13.9 Å². The number of rotatable bonds is 4. The fraction of sp³-hybridized carbons (Fsp3) is 0.200. The average molecular weight is 317 g/mol. The highest BCUT2D eigenvalue weighted by atomic mass is 35.5. The minimum atomic E-state index is -0.930. The van der Waals surface area contributed by atoms with E-state index in [0.29, 0.717) is 5.56 Å². The molecule has 0 bridgehead atoms. The summed E-state index contributed by atoms with van der Waals surface area (Å²) in [6, 6.07) is 8.55. The van der Waals surface area contributed by atoms with Gasteiger partial charge < -0.3 is 5.11 Å². The minimum absolute atomic E-state index is 0.0214. The molecule has 20 heavy (non-hydrogen) atoms. The van der Waals surface area contributed by atoms with Crippen LogP contribution in [0.25, 0.3) is 0 Å². The molecule has 0 saturated carbocycles. The van der Waals surface area contributed by atoms with Crippen LogP contribution in [0.1, 0.15) is 11.1 Å². The third kappa shape index (κ3) is 3.69. The standard InChI is InChI=1S/C15H12Cl2F2O/c16-10-5-4-9(15(19)7-10)6-11(20)8-12-13(17)2-1-3-14(12)18/h1-5,7,11,20H,6,8H2. The Morgan fingerprint density at radius 3 is 2.40 bits per heavy atom. The molecule has 1 nitrogen and oxygen atoms in total. The van der Waals surface area contributed by atoms with Crippen molar-refractivity contribution in [3.05, 3.63) is 69.2 Å². The summed E-state index contributed by atoms with van der Waals surface area (Å²) in [5.74, 6) is -0.968. The van der Waals surface area contributed by atoms with Crippen LogP contribution in [0, 0.1) is 11.6 Å². The predicted molar refractivity (Wildman–Crippen MR) is 76.2 cm³/mol. The molecule has 0 fully saturated rings. The first-order valence-corrected chi connectivity index (χ1v) is 6.78. The summed E-state index contributed by atoms with van der Waals surface area (Å²) in [5.41, 5.74) is 0.561. The summed E-state index contributed by atoms with van der Waals surface area (Å²) in [6.45, 7) is 0. The second kappa shape index (κ2) is 6.53. The van der Waals surface area contributed by atoms with Gasteiger partial charge in [0.2, 0.25) is 0 Å². The van der Waals surface area contributed by atoms with E-state index in [1.807, 2.05) is 0 Å². The molecule has 0 spiro atoms. The molecule has 106 valence electrons. The van der Waals surface area contributed by atoms with E-state index in [2.05, 4.69) is 0 Å². The first-order chi connectivity index (χ1) is 9.47. The second-order valence-electron chi connectivity index (χ2n) is 4.50. The van der Waals surface area contributed by atoms with E-state index in [-0.39, 0.29) is 28.5 Å². The van der Waals surface area contributed by atoms with Crippen LogP contribution >= 0.6 is 23.2 Å². The maximum absolute atomic E-state index is 13.6. The van der Waals surface area contributed by atoms with Crippen molar-refractivity contribution in [2.45, 2.75) is 18.9 Å². The Balaban J connectivity index is 2.11. The fourth-order valence-electron chi connectivity index (χ4n) is 1.98. The van der Waals surface area contributed by atoms with E-state index in [9.17, 15) is 13.9 Å². The number of halogens is 4. The van der Waals surface area contributed by atoms with E-state index in [0.717, 1.165) is 0 Å². The lowest BCUT2D eigenvalue weighted by Gasteiger charge is -2.13. The van der Waals surface area contributed by atoms with Crippen LogP contribution in [0.4, 0.5) is 8.78 Å². The van der Waals surface area contributed by atoms with Crippen LogP contribution in [-0.4, -0.2) is 11.2 Å². The molecule has 2 aromatic rings. The van der Waals surface area contributed by atoms with Gasteiger partial charge in [-0.2, -0.15) is 0 Å². The van der Waals surface area contributed by atoms with Crippen molar-refractivity contribution in [2.75, 3.05) is 0 Å². The molecule has 0 heterocycles. The predicted octanol–water partition coefficient (Wildman–Crippen LogP) is 4.42. The van der Waals surface area contributed by atoms with Crippen molar-refractivity contribution in [2.24, 2.45) is 0 Å². The Kier molecular flexibility index (Phi) is 4.97. The monoisotopic (exact) mass is 316 g/mol. The lowest BCUT2D eigenvalue weighted by atomic mass is 10.0. The highest BCUT2D eigenvalue weighted by Gasteiger charge is 2.15. The quantitative estimate of drug-likeness (QED) is 0.885. The maximum Gasteiger partial charge on any atom is 0.127 e. The van der Waals surface area contributed by atoms with Crippen LogP contribution in [0.2, 0.25) is 10.0 Å². The summed E-state index contributed by atoms with van der Waals surface area (Å²) in [5, 5.41) is 10.5. The smallest absolute Gasteiger partial charge is 0.127 e. The molecule has 0 aliphatic heterocycles. The molecule has 1 atom stereocenters. The number of hydrogen-bond acceptors (Lipinski definition) is 1. The molecule has 1 unspecified atom stereocenters. The van der Waals surface area contributed by atoms with E-state index in [1.165, 1.54) is 24.3 Å². The Bertz CT molecular complexity index is 597. The van der Waals surface area contributed by atoms with Crippen molar-refractivity contribution in [3.63, 3.8) is 0 Å². The Labute approximate surface area is 125 Å². The van der Waals surface area contributed by atoms with Gasteiger partial charge in [0.25, 0.3) is 0 Å². The van der Waals surface area contributed by atoms with Gasteiger partial charge in [-0.05, 0) is 29.8 Å². The van der Waals surface area contributed by atoms with Gasteiger partial charge in [0, 0.05) is 28.5 Å². The molecule has 0 saturated heterocycles. The van der Waals surface area contributed by atoms with Gasteiger partial charge >= 0.3 is 0 Å². The van der Waals surface area contributed by atoms with Crippen molar-refractivity contribution in [3.8, 4) is 0 Å². The van der Waals surface area contributed by atoms with E-state index in [4.69, 9.17) is 23.2 Å². The summed E-state index contributed by atoms with van der Waals surface area (Å²) in [7, 11) is 0. The average Bonchev–Trinajstić information content (AvgIpc) is 2.37. The van der Waals surface area contributed by atoms with Crippen LogP contribution in [0.3, 0.4) is 0 Å². The molecule has 0 aliphatic rings. The normalized spacial score (nSPS) is 12.4. The van der Waals surface area contributed by atoms with E-state index in [1.54, 1.807) is 12.1 Å². The van der Waals surface area contributed by atoms with Gasteiger partial charge in [-0.15, -0.1) is 0 Å². The Hall–Kier alpha value is -1.16. The molecule has 0 aliphatic carbocycles. The molecule has 0 amide bonds. The topological polar surface area (TPSA) is 20.2 Å². The lowest BCUT2D eigenvalue weighted by Crippen LogP contribution is -2.16. The van der Waals surface area contributed by atoms with Crippen LogP contribution in [0.15, 0.2) is 36.4 Å². The molecule has 2 aromatic carbocycles. The van der Waals surface area contributed by atoms with Crippen LogP contribution in [0.5, 0.6) is 0 Å². The molecule has 5 heteroatoms. The second-order valence-corrected chi connectivity index (χ2v) is 5.34. The molecule has 0 aromatic heterocycles. The first kappa shape index (κ1) is 15.2. The summed E-state index contributed by atoms with van der Waals surface area (Å²) in [4.78, 5) is 0. The molecule has 2 rings (SSSR count). The first-order valence-electron chi connectivity index (χ1n) is 6.02. The number of hydrogen-bond donors (Lipinski definition) is 1. The zero-order valence-electron chi connectivity index (χ0n) is 10.4. The third-order valence-corrected chi connectivity index (χ3v) is 3.56. The SMILES string of the molecule is OC(Cc1ccc(Cl)cc1F)Cc1c(F)cccc1Cl. The van der Waals surface area contributed by atoms with Gasteiger partial charge in [-0.1, -0.05) is 35.3 Å². The van der Waals surface area contributed by atoms with Gasteiger partial charge in [-0.25, -0.2) is 8.78 Å². The molecular weight excluding hydrogens is 305 g/mol. The Morgan fingerprint density at radius 1 is 1.00 bits per heavy atom. The number of aliphatic hydroxyl groups excluding tert-OH is 1. The molecular formula is C15H12Cl2F2O.